The second-order valence-electron chi connectivity index (χ2n) is 10.7. The van der Waals surface area contributed by atoms with Crippen molar-refractivity contribution in [2.45, 2.75) is 61.4 Å². The summed E-state index contributed by atoms with van der Waals surface area (Å²) in [5.41, 5.74) is 0.154. The molecule has 1 aromatic heterocycles. The summed E-state index contributed by atoms with van der Waals surface area (Å²) in [6.07, 6.45) is -17.1. The van der Waals surface area contributed by atoms with Gasteiger partial charge in [-0.15, -0.1) is 0 Å². The van der Waals surface area contributed by atoms with Gasteiger partial charge in [0.25, 0.3) is 0 Å². The first-order chi connectivity index (χ1) is 21.9. The minimum atomic E-state index is -1.90. The molecule has 10 N–H and O–H groups in total. The minimum Gasteiger partial charge on any atom is -0.507 e. The predicted molar refractivity (Wildman–Crippen MR) is 151 cm³/mol. The molecule has 17 nitrogen and oxygen atoms in total. The summed E-state index contributed by atoms with van der Waals surface area (Å²) in [6, 6.07) is 6.25. The first-order valence-corrected chi connectivity index (χ1v) is 14.0. The summed E-state index contributed by atoms with van der Waals surface area (Å²) in [4.78, 5) is 0. The maximum absolute atomic E-state index is 11.0. The molecule has 2 aromatic carbocycles. The number of aliphatic hydroxyl groups is 7. The quantitative estimate of drug-likeness (QED) is 0.118. The van der Waals surface area contributed by atoms with E-state index >= 15 is 0 Å². The SMILES string of the molecule is COc1cc(-c2[o+]c3cc(O)cc(O)c3cc2O[C@@H]2OC(CO)[C@@H](O)C(O)C2O[C@@H]2OC(CO)[C@@H](O)C(O)[C@H]2O)cc(OC)c1O. The fourth-order valence-electron chi connectivity index (χ4n) is 5.25. The Balaban J connectivity index is 1.61. The lowest BCUT2D eigenvalue weighted by atomic mass is 9.97. The molecule has 0 spiro atoms. The molecular weight excluding hydrogens is 620 g/mol. The third kappa shape index (κ3) is 6.17. The van der Waals surface area contributed by atoms with Crippen molar-refractivity contribution in [3.8, 4) is 45.8 Å². The maximum Gasteiger partial charge on any atom is 0.402 e. The van der Waals surface area contributed by atoms with E-state index in [1.807, 2.05) is 0 Å². The van der Waals surface area contributed by atoms with Crippen molar-refractivity contribution < 1.29 is 83.9 Å². The van der Waals surface area contributed by atoms with E-state index in [2.05, 4.69) is 0 Å². The second-order valence-corrected chi connectivity index (χ2v) is 10.7. The number of aromatic hydroxyl groups is 3. The molecule has 2 aliphatic rings. The maximum atomic E-state index is 11.0. The molecule has 2 saturated heterocycles. The molecule has 0 saturated carbocycles. The Labute approximate surface area is 260 Å². The first-order valence-electron chi connectivity index (χ1n) is 14.0. The van der Waals surface area contributed by atoms with Crippen LogP contribution in [0.15, 0.2) is 34.7 Å². The fourth-order valence-corrected chi connectivity index (χ4v) is 5.25. The number of fused-ring (bicyclic) bond motifs is 1. The van der Waals surface area contributed by atoms with Crippen LogP contribution in [0.3, 0.4) is 0 Å². The van der Waals surface area contributed by atoms with Crippen LogP contribution in [0.4, 0.5) is 0 Å². The zero-order valence-corrected chi connectivity index (χ0v) is 24.4. The van der Waals surface area contributed by atoms with Gasteiger partial charge in [-0.25, -0.2) is 4.42 Å². The Morgan fingerprint density at radius 2 is 1.28 bits per heavy atom. The van der Waals surface area contributed by atoms with Gasteiger partial charge in [-0.1, -0.05) is 0 Å². The molecule has 0 amide bonds. The van der Waals surface area contributed by atoms with Gasteiger partial charge in [-0.3, -0.25) is 0 Å². The van der Waals surface area contributed by atoms with Crippen molar-refractivity contribution in [2.24, 2.45) is 0 Å². The molecule has 5 rings (SSSR count). The van der Waals surface area contributed by atoms with Crippen LogP contribution in [0.2, 0.25) is 0 Å². The van der Waals surface area contributed by atoms with E-state index in [1.165, 1.54) is 38.5 Å². The first kappa shape index (κ1) is 33.6. The standard InChI is InChI=1S/C29H34O17/c1-40-15-3-10(4-16(41-2)20(15)34)26-17(7-12-13(33)5-11(32)6-14(12)42-26)43-29-27(24(38)22(36)19(9-31)45-29)46-28-25(39)23(37)21(35)18(8-30)44-28/h3-7,18-19,21-25,27-31,35-39H,8-9H2,1-2H3,(H2-,32,33,34)/p+1/t18?,19?,21-,22-,23?,24?,25-,27?,28+,29-/m1/s1. The highest BCUT2D eigenvalue weighted by Gasteiger charge is 2.52. The predicted octanol–water partition coefficient (Wildman–Crippen LogP) is -1.48. The van der Waals surface area contributed by atoms with Gasteiger partial charge in [0.2, 0.25) is 17.8 Å². The summed E-state index contributed by atoms with van der Waals surface area (Å²) < 4.78 is 39.5. The normalized spacial score (nSPS) is 31.5. The molecule has 2 fully saturated rings. The average Bonchev–Trinajstić information content (AvgIpc) is 3.04. The number of hydrogen-bond donors (Lipinski definition) is 10. The molecule has 252 valence electrons. The Morgan fingerprint density at radius 3 is 1.87 bits per heavy atom. The highest BCUT2D eigenvalue weighted by atomic mass is 16.8. The summed E-state index contributed by atoms with van der Waals surface area (Å²) in [5.74, 6) is -1.49. The molecule has 0 aliphatic carbocycles. The van der Waals surface area contributed by atoms with Crippen LogP contribution in [0.25, 0.3) is 22.3 Å². The Hall–Kier alpha value is -3.75. The molecule has 0 radical (unpaired) electrons. The van der Waals surface area contributed by atoms with E-state index in [-0.39, 0.29) is 51.0 Å². The molecule has 46 heavy (non-hydrogen) atoms. The molecule has 5 unspecified atom stereocenters. The lowest BCUT2D eigenvalue weighted by Crippen LogP contribution is -2.65. The second kappa shape index (κ2) is 13.5. The highest BCUT2D eigenvalue weighted by Crippen LogP contribution is 2.45. The van der Waals surface area contributed by atoms with Crippen LogP contribution in [0, 0.1) is 0 Å². The average molecular weight is 656 g/mol. The van der Waals surface area contributed by atoms with E-state index in [0.717, 1.165) is 6.07 Å². The van der Waals surface area contributed by atoms with Crippen molar-refractivity contribution >= 4 is 11.0 Å². The van der Waals surface area contributed by atoms with Crippen molar-refractivity contribution in [3.63, 3.8) is 0 Å². The number of hydrogen-bond acceptors (Lipinski definition) is 16. The van der Waals surface area contributed by atoms with Crippen LogP contribution in [0.1, 0.15) is 0 Å². The largest absolute Gasteiger partial charge is 0.507 e. The fraction of sp³-hybridized carbons (Fsp3) is 0.483. The van der Waals surface area contributed by atoms with Crippen LogP contribution in [-0.2, 0) is 14.2 Å². The number of phenolic OH excluding ortho intramolecular Hbond substituents is 3. The number of benzene rings is 2. The van der Waals surface area contributed by atoms with Gasteiger partial charge < -0.3 is 79.5 Å². The van der Waals surface area contributed by atoms with Crippen LogP contribution in [-0.4, -0.2) is 140 Å². The van der Waals surface area contributed by atoms with Gasteiger partial charge in [0, 0.05) is 24.3 Å². The van der Waals surface area contributed by atoms with E-state index in [4.69, 9.17) is 32.8 Å². The molecular formula is C29H35O17+. The summed E-state index contributed by atoms with van der Waals surface area (Å²) in [5, 5.41) is 103. The van der Waals surface area contributed by atoms with Crippen molar-refractivity contribution in [1.82, 2.24) is 0 Å². The van der Waals surface area contributed by atoms with Gasteiger partial charge in [0.15, 0.2) is 23.9 Å². The molecule has 3 aromatic rings. The number of ether oxygens (including phenoxy) is 6. The topological polar surface area (TPSA) is 269 Å². The van der Waals surface area contributed by atoms with Crippen molar-refractivity contribution in [2.75, 3.05) is 27.4 Å². The highest BCUT2D eigenvalue weighted by molar-refractivity contribution is 5.88. The molecule has 2 aliphatic heterocycles. The van der Waals surface area contributed by atoms with Gasteiger partial charge in [-0.05, 0) is 0 Å². The number of methoxy groups -OCH3 is 2. The van der Waals surface area contributed by atoms with E-state index < -0.39 is 80.4 Å². The van der Waals surface area contributed by atoms with E-state index in [1.54, 1.807) is 0 Å². The van der Waals surface area contributed by atoms with E-state index in [9.17, 15) is 51.1 Å². The summed E-state index contributed by atoms with van der Waals surface area (Å²) in [7, 11) is 2.59. The lowest BCUT2D eigenvalue weighted by molar-refractivity contribution is -0.357. The third-order valence-electron chi connectivity index (χ3n) is 7.77. The van der Waals surface area contributed by atoms with Crippen molar-refractivity contribution in [3.05, 3.63) is 30.3 Å². The van der Waals surface area contributed by atoms with Crippen LogP contribution >= 0.6 is 0 Å². The van der Waals surface area contributed by atoms with Crippen LogP contribution < -0.4 is 14.2 Å². The molecule has 10 atom stereocenters. The Kier molecular flexibility index (Phi) is 9.89. The zero-order chi connectivity index (χ0) is 33.4. The monoisotopic (exact) mass is 655 g/mol. The molecule has 3 heterocycles. The van der Waals surface area contributed by atoms with Gasteiger partial charge in [-0.2, -0.15) is 0 Å². The van der Waals surface area contributed by atoms with Crippen LogP contribution in [0.5, 0.6) is 34.5 Å². The van der Waals surface area contributed by atoms with Crippen molar-refractivity contribution in [1.29, 1.82) is 0 Å². The third-order valence-corrected chi connectivity index (χ3v) is 7.77. The van der Waals surface area contributed by atoms with Gasteiger partial charge in [0.05, 0.1) is 39.1 Å². The van der Waals surface area contributed by atoms with E-state index in [0.29, 0.717) is 0 Å². The molecule has 17 heteroatoms. The van der Waals surface area contributed by atoms with Gasteiger partial charge >= 0.3 is 11.3 Å². The smallest absolute Gasteiger partial charge is 0.402 e. The summed E-state index contributed by atoms with van der Waals surface area (Å²) in [6.45, 7) is -1.56. The Bertz CT molecular complexity index is 1510. The lowest BCUT2D eigenvalue weighted by Gasteiger charge is -2.45. The number of aliphatic hydroxyl groups excluding tert-OH is 7. The van der Waals surface area contributed by atoms with Gasteiger partial charge in [0.1, 0.15) is 59.6 Å². The minimum absolute atomic E-state index is 0.0202. The summed E-state index contributed by atoms with van der Waals surface area (Å²) >= 11 is 0. The Morgan fingerprint density at radius 1 is 0.696 bits per heavy atom. The number of phenols is 3. The zero-order valence-electron chi connectivity index (χ0n) is 24.4. The number of rotatable bonds is 9. The molecule has 0 bridgehead atoms.